The van der Waals surface area contributed by atoms with Crippen LogP contribution in [0.4, 0.5) is 0 Å². The number of carboxylic acid groups (broad SMARTS) is 1. The first-order chi connectivity index (χ1) is 12.2. The Morgan fingerprint density at radius 2 is 2.15 bits per heavy atom. The molecule has 1 amide bonds. The summed E-state index contributed by atoms with van der Waals surface area (Å²) in [4.78, 5) is 23.4. The van der Waals surface area contributed by atoms with E-state index in [2.05, 4.69) is 5.32 Å². The van der Waals surface area contributed by atoms with Gasteiger partial charge in [0.15, 0.2) is 0 Å². The van der Waals surface area contributed by atoms with Crippen molar-refractivity contribution in [3.63, 3.8) is 0 Å². The zero-order chi connectivity index (χ0) is 18.9. The fourth-order valence-electron chi connectivity index (χ4n) is 3.35. The molecule has 0 bridgehead atoms. The number of sulfonamides is 1. The molecule has 10 heteroatoms. The van der Waals surface area contributed by atoms with Crippen molar-refractivity contribution >= 4 is 21.9 Å². The molecule has 9 nitrogen and oxygen atoms in total. The predicted molar refractivity (Wildman–Crippen MR) is 89.2 cm³/mol. The molecule has 26 heavy (non-hydrogen) atoms. The summed E-state index contributed by atoms with van der Waals surface area (Å²) >= 11 is 0. The number of nitrogens with one attached hydrogen (secondary N) is 1. The fraction of sp³-hybridized carbons (Fsp3) is 0.625. The Hall–Kier alpha value is -1.91. The van der Waals surface area contributed by atoms with Crippen LogP contribution in [0, 0.1) is 0 Å². The molecule has 1 aromatic rings. The lowest BCUT2D eigenvalue weighted by molar-refractivity contribution is -0.125. The normalized spacial score (nSPS) is 26.9. The van der Waals surface area contributed by atoms with Crippen molar-refractivity contribution in [3.8, 4) is 0 Å². The average Bonchev–Trinajstić information content (AvgIpc) is 3.32. The number of rotatable bonds is 6. The van der Waals surface area contributed by atoms with Crippen molar-refractivity contribution in [1.82, 2.24) is 9.62 Å². The number of hydrogen-bond donors (Lipinski definition) is 2. The molecule has 1 aromatic heterocycles. The van der Waals surface area contributed by atoms with E-state index >= 15 is 0 Å². The van der Waals surface area contributed by atoms with Gasteiger partial charge in [0.25, 0.3) is 10.0 Å². The lowest BCUT2D eigenvalue weighted by Crippen LogP contribution is -2.49. The minimum Gasteiger partial charge on any atom is -0.475 e. The Balaban J connectivity index is 1.71. The maximum atomic E-state index is 12.7. The third-order valence-corrected chi connectivity index (χ3v) is 6.58. The van der Waals surface area contributed by atoms with E-state index in [1.165, 1.54) is 0 Å². The zero-order valence-electron chi connectivity index (χ0n) is 14.4. The molecular formula is C16H22N2O7S. The molecule has 0 spiro atoms. The van der Waals surface area contributed by atoms with Crippen molar-refractivity contribution in [3.05, 3.63) is 17.9 Å². The second-order valence-electron chi connectivity index (χ2n) is 6.82. The molecule has 2 aliphatic heterocycles. The fourth-order valence-corrected chi connectivity index (χ4v) is 4.92. The van der Waals surface area contributed by atoms with Gasteiger partial charge in [-0.05, 0) is 44.7 Å². The maximum Gasteiger partial charge on any atom is 0.371 e. The first-order valence-corrected chi connectivity index (χ1v) is 9.94. The number of ether oxygens (including phenoxy) is 1. The van der Waals surface area contributed by atoms with E-state index in [1.54, 1.807) is 0 Å². The average molecular weight is 386 g/mol. The molecule has 2 aliphatic rings. The molecule has 0 saturated carbocycles. The van der Waals surface area contributed by atoms with Crippen molar-refractivity contribution in [2.45, 2.75) is 49.3 Å². The van der Waals surface area contributed by atoms with Crippen LogP contribution in [0.2, 0.25) is 0 Å². The Labute approximate surface area is 151 Å². The lowest BCUT2D eigenvalue weighted by Gasteiger charge is -2.26. The zero-order valence-corrected chi connectivity index (χ0v) is 15.3. The summed E-state index contributed by atoms with van der Waals surface area (Å²) in [6, 6.07) is 1.33. The monoisotopic (exact) mass is 386 g/mol. The van der Waals surface area contributed by atoms with Crippen LogP contribution >= 0.6 is 0 Å². The highest BCUT2D eigenvalue weighted by atomic mass is 32.2. The molecule has 2 atom stereocenters. The Morgan fingerprint density at radius 1 is 1.38 bits per heavy atom. The van der Waals surface area contributed by atoms with E-state index in [4.69, 9.17) is 14.3 Å². The molecule has 2 saturated heterocycles. The van der Waals surface area contributed by atoms with Crippen LogP contribution in [-0.4, -0.2) is 61.0 Å². The number of hydrogen-bond acceptors (Lipinski definition) is 6. The van der Waals surface area contributed by atoms with Crippen molar-refractivity contribution in [2.24, 2.45) is 0 Å². The topological polar surface area (TPSA) is 126 Å². The highest BCUT2D eigenvalue weighted by Crippen LogP contribution is 2.28. The Kier molecular flexibility index (Phi) is 5.09. The molecule has 3 heterocycles. The number of carbonyl (C=O) groups is 2. The lowest BCUT2D eigenvalue weighted by atomic mass is 10.0. The quantitative estimate of drug-likeness (QED) is 0.741. The van der Waals surface area contributed by atoms with Gasteiger partial charge < -0.3 is 19.6 Å². The van der Waals surface area contributed by atoms with Gasteiger partial charge in [0, 0.05) is 19.7 Å². The van der Waals surface area contributed by atoms with Crippen LogP contribution in [-0.2, 0) is 19.6 Å². The van der Waals surface area contributed by atoms with Crippen LogP contribution in [0.25, 0.3) is 0 Å². The smallest absolute Gasteiger partial charge is 0.371 e. The van der Waals surface area contributed by atoms with E-state index in [0.29, 0.717) is 26.0 Å². The van der Waals surface area contributed by atoms with Gasteiger partial charge >= 0.3 is 5.97 Å². The number of amides is 1. The minimum absolute atomic E-state index is 0.178. The summed E-state index contributed by atoms with van der Waals surface area (Å²) in [7, 11) is -4.09. The summed E-state index contributed by atoms with van der Waals surface area (Å²) in [6.07, 6.45) is 2.71. The second kappa shape index (κ2) is 7.01. The number of aromatic carboxylic acids is 1. The largest absolute Gasteiger partial charge is 0.475 e. The number of carbonyl (C=O) groups excluding carboxylic acids is 1. The first-order valence-electron chi connectivity index (χ1n) is 8.50. The first kappa shape index (κ1) is 18.9. The van der Waals surface area contributed by atoms with Gasteiger partial charge in [0.2, 0.25) is 16.8 Å². The van der Waals surface area contributed by atoms with Gasteiger partial charge in [-0.15, -0.1) is 0 Å². The summed E-state index contributed by atoms with van der Waals surface area (Å²) in [5.41, 5.74) is -0.421. The SMILES string of the molecule is CC1(CNC(=O)C2CCCN2S(=O)(=O)c2ccc(C(=O)O)o2)CCCO1. The van der Waals surface area contributed by atoms with Gasteiger partial charge in [-0.2, -0.15) is 4.31 Å². The molecule has 0 radical (unpaired) electrons. The van der Waals surface area contributed by atoms with Crippen molar-refractivity contribution in [2.75, 3.05) is 19.7 Å². The molecule has 3 rings (SSSR count). The van der Waals surface area contributed by atoms with Gasteiger partial charge in [-0.1, -0.05) is 0 Å². The van der Waals surface area contributed by atoms with Crippen molar-refractivity contribution in [1.29, 1.82) is 0 Å². The van der Waals surface area contributed by atoms with E-state index in [1.807, 2.05) is 6.92 Å². The third-order valence-electron chi connectivity index (χ3n) is 4.80. The van der Waals surface area contributed by atoms with Gasteiger partial charge in [0.1, 0.15) is 6.04 Å². The molecule has 2 N–H and O–H groups in total. The summed E-state index contributed by atoms with van der Waals surface area (Å²) in [6.45, 7) is 3.07. The number of furan rings is 1. The van der Waals surface area contributed by atoms with Crippen molar-refractivity contribution < 1.29 is 32.3 Å². The molecule has 2 unspecified atom stereocenters. The van der Waals surface area contributed by atoms with E-state index in [-0.39, 0.29) is 12.5 Å². The van der Waals surface area contributed by atoms with Crippen LogP contribution in [0.5, 0.6) is 0 Å². The Bertz CT molecular complexity index is 795. The van der Waals surface area contributed by atoms with Crippen LogP contribution in [0.1, 0.15) is 43.2 Å². The molecule has 0 aromatic carbocycles. The van der Waals surface area contributed by atoms with Gasteiger partial charge in [-0.3, -0.25) is 4.79 Å². The highest BCUT2D eigenvalue weighted by Gasteiger charge is 2.42. The van der Waals surface area contributed by atoms with E-state index in [9.17, 15) is 18.0 Å². The predicted octanol–water partition coefficient (Wildman–Crippen LogP) is 0.816. The second-order valence-corrected chi connectivity index (χ2v) is 8.64. The molecule has 144 valence electrons. The summed E-state index contributed by atoms with van der Waals surface area (Å²) < 4.78 is 37.1. The van der Waals surface area contributed by atoms with E-state index in [0.717, 1.165) is 29.3 Å². The number of carboxylic acids is 1. The van der Waals surface area contributed by atoms with Crippen LogP contribution < -0.4 is 5.32 Å². The van der Waals surface area contributed by atoms with Gasteiger partial charge in [0.05, 0.1) is 5.60 Å². The Morgan fingerprint density at radius 3 is 2.77 bits per heavy atom. The van der Waals surface area contributed by atoms with Gasteiger partial charge in [-0.25, -0.2) is 13.2 Å². The highest BCUT2D eigenvalue weighted by molar-refractivity contribution is 7.89. The maximum absolute atomic E-state index is 12.7. The summed E-state index contributed by atoms with van der Waals surface area (Å²) in [5.74, 6) is -2.20. The molecule has 2 fully saturated rings. The number of nitrogens with zero attached hydrogens (tertiary/aromatic N) is 1. The third kappa shape index (κ3) is 3.62. The molecule has 0 aliphatic carbocycles. The summed E-state index contributed by atoms with van der Waals surface area (Å²) in [5, 5.41) is 11.2. The standard InChI is InChI=1S/C16H22N2O7S/c1-16(7-3-9-24-16)10-17-14(19)11-4-2-8-18(11)26(22,23)13-6-5-12(25-13)15(20)21/h5-6,11H,2-4,7-10H2,1H3,(H,17,19)(H,20,21). The van der Waals surface area contributed by atoms with Crippen LogP contribution in [0.15, 0.2) is 21.6 Å². The molecular weight excluding hydrogens is 364 g/mol. The van der Waals surface area contributed by atoms with E-state index < -0.39 is 38.5 Å². The minimum atomic E-state index is -4.09. The van der Waals surface area contributed by atoms with Crippen LogP contribution in [0.3, 0.4) is 0 Å².